The van der Waals surface area contributed by atoms with Gasteiger partial charge in [0.2, 0.25) is 0 Å². The SMILES string of the molecule is CCOC(=O)CCN1CCN(C)CC1. The van der Waals surface area contributed by atoms with Gasteiger partial charge < -0.3 is 14.5 Å². The van der Waals surface area contributed by atoms with Crippen molar-refractivity contribution < 1.29 is 9.53 Å². The van der Waals surface area contributed by atoms with Gasteiger partial charge in [-0.15, -0.1) is 0 Å². The number of ether oxygens (including phenoxy) is 1. The van der Waals surface area contributed by atoms with Gasteiger partial charge in [0, 0.05) is 32.7 Å². The van der Waals surface area contributed by atoms with Crippen LogP contribution in [0.25, 0.3) is 0 Å². The Morgan fingerprint density at radius 1 is 1.29 bits per heavy atom. The first kappa shape index (κ1) is 11.5. The highest BCUT2D eigenvalue weighted by Crippen LogP contribution is 2.00. The molecule has 82 valence electrons. The molecule has 1 aliphatic heterocycles. The van der Waals surface area contributed by atoms with Crippen LogP contribution < -0.4 is 0 Å². The van der Waals surface area contributed by atoms with Gasteiger partial charge in [0.15, 0.2) is 0 Å². The van der Waals surface area contributed by atoms with Crippen molar-refractivity contribution >= 4 is 5.97 Å². The summed E-state index contributed by atoms with van der Waals surface area (Å²) in [4.78, 5) is 15.7. The van der Waals surface area contributed by atoms with E-state index in [1.807, 2.05) is 6.92 Å². The molecule has 0 radical (unpaired) electrons. The Balaban J connectivity index is 2.09. The van der Waals surface area contributed by atoms with E-state index in [2.05, 4.69) is 16.8 Å². The van der Waals surface area contributed by atoms with Gasteiger partial charge in [-0.3, -0.25) is 4.79 Å². The third kappa shape index (κ3) is 4.07. The van der Waals surface area contributed by atoms with Crippen LogP contribution in [-0.2, 0) is 9.53 Å². The van der Waals surface area contributed by atoms with Crippen LogP contribution in [0.15, 0.2) is 0 Å². The second-order valence-corrected chi connectivity index (χ2v) is 3.70. The van der Waals surface area contributed by atoms with Gasteiger partial charge >= 0.3 is 5.97 Å². The van der Waals surface area contributed by atoms with Crippen LogP contribution in [0.5, 0.6) is 0 Å². The van der Waals surface area contributed by atoms with Crippen LogP contribution in [0.4, 0.5) is 0 Å². The molecule has 0 aromatic rings. The van der Waals surface area contributed by atoms with Gasteiger partial charge in [0.25, 0.3) is 0 Å². The number of likely N-dealkylation sites (N-methyl/N-ethyl adjacent to an activating group) is 1. The van der Waals surface area contributed by atoms with Gasteiger partial charge in [0.1, 0.15) is 0 Å². The van der Waals surface area contributed by atoms with Gasteiger partial charge in [-0.1, -0.05) is 0 Å². The van der Waals surface area contributed by atoms with E-state index in [1.54, 1.807) is 0 Å². The molecule has 0 amide bonds. The van der Waals surface area contributed by atoms with Crippen molar-refractivity contribution in [2.45, 2.75) is 13.3 Å². The number of rotatable bonds is 4. The summed E-state index contributed by atoms with van der Waals surface area (Å²) in [6.07, 6.45) is 0.525. The lowest BCUT2D eigenvalue weighted by Gasteiger charge is -2.31. The maximum Gasteiger partial charge on any atom is 0.307 e. The van der Waals surface area contributed by atoms with Crippen molar-refractivity contribution in [2.24, 2.45) is 0 Å². The molecule has 0 aromatic carbocycles. The summed E-state index contributed by atoms with van der Waals surface area (Å²) in [7, 11) is 2.13. The summed E-state index contributed by atoms with van der Waals surface area (Å²) in [5.74, 6) is -0.0774. The Bertz CT molecular complexity index is 177. The van der Waals surface area contributed by atoms with Crippen LogP contribution in [0.1, 0.15) is 13.3 Å². The maximum absolute atomic E-state index is 11.1. The van der Waals surface area contributed by atoms with Crippen molar-refractivity contribution in [1.29, 1.82) is 0 Å². The molecule has 0 saturated carbocycles. The minimum absolute atomic E-state index is 0.0774. The van der Waals surface area contributed by atoms with Crippen molar-refractivity contribution in [3.05, 3.63) is 0 Å². The van der Waals surface area contributed by atoms with Crippen molar-refractivity contribution in [1.82, 2.24) is 9.80 Å². The Morgan fingerprint density at radius 2 is 1.93 bits per heavy atom. The summed E-state index contributed by atoms with van der Waals surface area (Å²) in [6.45, 7) is 7.50. The zero-order valence-electron chi connectivity index (χ0n) is 9.16. The monoisotopic (exact) mass is 200 g/mol. The maximum atomic E-state index is 11.1. The van der Waals surface area contributed by atoms with Gasteiger partial charge in [-0.05, 0) is 14.0 Å². The number of nitrogens with zero attached hydrogens (tertiary/aromatic N) is 2. The first-order valence-corrected chi connectivity index (χ1v) is 5.29. The molecule has 0 aromatic heterocycles. The molecule has 0 atom stereocenters. The van der Waals surface area contributed by atoms with E-state index < -0.39 is 0 Å². The van der Waals surface area contributed by atoms with E-state index in [9.17, 15) is 4.79 Å². The average Bonchev–Trinajstić information content (AvgIpc) is 2.17. The number of carbonyl (C=O) groups is 1. The normalized spacial score (nSPS) is 19.6. The summed E-state index contributed by atoms with van der Waals surface area (Å²) >= 11 is 0. The van der Waals surface area contributed by atoms with Gasteiger partial charge in [0.05, 0.1) is 13.0 Å². The molecule has 0 bridgehead atoms. The molecule has 4 heteroatoms. The first-order chi connectivity index (χ1) is 6.72. The molecular weight excluding hydrogens is 180 g/mol. The molecular formula is C10H20N2O2. The fourth-order valence-corrected chi connectivity index (χ4v) is 1.55. The van der Waals surface area contributed by atoms with Gasteiger partial charge in [-0.2, -0.15) is 0 Å². The number of piperazine rings is 1. The summed E-state index contributed by atoms with van der Waals surface area (Å²) < 4.78 is 4.88. The third-order valence-corrected chi connectivity index (χ3v) is 2.53. The van der Waals surface area contributed by atoms with E-state index >= 15 is 0 Å². The second-order valence-electron chi connectivity index (χ2n) is 3.70. The predicted molar refractivity (Wildman–Crippen MR) is 55.2 cm³/mol. The molecule has 14 heavy (non-hydrogen) atoms. The van der Waals surface area contributed by atoms with E-state index in [-0.39, 0.29) is 5.97 Å². The Hall–Kier alpha value is -0.610. The molecule has 0 spiro atoms. The van der Waals surface area contributed by atoms with Gasteiger partial charge in [-0.25, -0.2) is 0 Å². The minimum atomic E-state index is -0.0774. The lowest BCUT2D eigenvalue weighted by atomic mass is 10.3. The highest BCUT2D eigenvalue weighted by Gasteiger charge is 2.14. The highest BCUT2D eigenvalue weighted by molar-refractivity contribution is 5.69. The zero-order chi connectivity index (χ0) is 10.4. The zero-order valence-corrected chi connectivity index (χ0v) is 9.16. The van der Waals surface area contributed by atoms with E-state index in [0.29, 0.717) is 13.0 Å². The predicted octanol–water partition coefficient (Wildman–Crippen LogP) is 0.187. The molecule has 1 fully saturated rings. The number of esters is 1. The fraction of sp³-hybridized carbons (Fsp3) is 0.900. The first-order valence-electron chi connectivity index (χ1n) is 5.29. The molecule has 0 unspecified atom stereocenters. The lowest BCUT2D eigenvalue weighted by Crippen LogP contribution is -2.45. The molecule has 4 nitrogen and oxygen atoms in total. The summed E-state index contributed by atoms with van der Waals surface area (Å²) in [6, 6.07) is 0. The summed E-state index contributed by atoms with van der Waals surface area (Å²) in [5, 5.41) is 0. The van der Waals surface area contributed by atoms with Crippen molar-refractivity contribution in [3.63, 3.8) is 0 Å². The van der Waals surface area contributed by atoms with E-state index in [1.165, 1.54) is 0 Å². The largest absolute Gasteiger partial charge is 0.466 e. The molecule has 1 heterocycles. The number of hydrogen-bond acceptors (Lipinski definition) is 4. The second kappa shape index (κ2) is 5.98. The highest BCUT2D eigenvalue weighted by atomic mass is 16.5. The third-order valence-electron chi connectivity index (χ3n) is 2.53. The molecule has 1 saturated heterocycles. The molecule has 1 rings (SSSR count). The van der Waals surface area contributed by atoms with Crippen LogP contribution in [0.3, 0.4) is 0 Å². The summed E-state index contributed by atoms with van der Waals surface area (Å²) in [5.41, 5.74) is 0. The van der Waals surface area contributed by atoms with E-state index in [4.69, 9.17) is 4.74 Å². The Kier molecular flexibility index (Phi) is 4.90. The fourth-order valence-electron chi connectivity index (χ4n) is 1.55. The quantitative estimate of drug-likeness (QED) is 0.606. The average molecular weight is 200 g/mol. The van der Waals surface area contributed by atoms with E-state index in [0.717, 1.165) is 32.7 Å². The van der Waals surface area contributed by atoms with Crippen LogP contribution >= 0.6 is 0 Å². The number of hydrogen-bond donors (Lipinski definition) is 0. The van der Waals surface area contributed by atoms with Crippen molar-refractivity contribution in [2.75, 3.05) is 46.4 Å². The van der Waals surface area contributed by atoms with Crippen LogP contribution in [0.2, 0.25) is 0 Å². The Labute approximate surface area is 85.8 Å². The molecule has 0 N–H and O–H groups in total. The minimum Gasteiger partial charge on any atom is -0.466 e. The van der Waals surface area contributed by atoms with Crippen LogP contribution in [-0.4, -0.2) is 62.1 Å². The smallest absolute Gasteiger partial charge is 0.307 e. The molecule has 0 aliphatic carbocycles. The standard InChI is InChI=1S/C10H20N2O2/c1-3-14-10(13)4-5-12-8-6-11(2)7-9-12/h3-9H2,1-2H3. The lowest BCUT2D eigenvalue weighted by molar-refractivity contribution is -0.143. The Morgan fingerprint density at radius 3 is 2.50 bits per heavy atom. The molecule has 1 aliphatic rings. The van der Waals surface area contributed by atoms with Crippen molar-refractivity contribution in [3.8, 4) is 0 Å². The number of carbonyl (C=O) groups excluding carboxylic acids is 1. The van der Waals surface area contributed by atoms with Crippen LogP contribution in [0, 0.1) is 0 Å². The topological polar surface area (TPSA) is 32.8 Å².